The van der Waals surface area contributed by atoms with Crippen molar-refractivity contribution < 1.29 is 32.6 Å². The molecule has 0 bridgehead atoms. The van der Waals surface area contributed by atoms with Gasteiger partial charge in [0.2, 0.25) is 0 Å². The standard InChI is InChI=1S/C18H16F3NO4S/c1-10(11-4-3-5-12(8-11)18(19,20)21)27-17(25)22-15-7-6-13(26-2)9-14(15)16(23)24/h3-10H,1-2H3,(H,22,25)(H,23,24). The second kappa shape index (κ2) is 8.34. The average Bonchev–Trinajstić information content (AvgIpc) is 2.61. The molecule has 0 aliphatic rings. The number of carbonyl (C=O) groups is 2. The highest BCUT2D eigenvalue weighted by Gasteiger charge is 2.31. The van der Waals surface area contributed by atoms with Crippen LogP contribution in [0.5, 0.6) is 5.75 Å². The van der Waals surface area contributed by atoms with Crippen molar-refractivity contribution in [3.05, 3.63) is 59.2 Å². The molecule has 0 aromatic heterocycles. The second-order valence-electron chi connectivity index (χ2n) is 5.51. The Morgan fingerprint density at radius 3 is 2.48 bits per heavy atom. The quantitative estimate of drug-likeness (QED) is 0.700. The molecule has 2 aromatic rings. The van der Waals surface area contributed by atoms with Crippen LogP contribution < -0.4 is 10.1 Å². The van der Waals surface area contributed by atoms with Crippen LogP contribution in [0.1, 0.15) is 33.7 Å². The SMILES string of the molecule is COc1ccc(NC(=O)SC(C)c2cccc(C(F)(F)F)c2)c(C(=O)O)c1. The Morgan fingerprint density at radius 1 is 1.19 bits per heavy atom. The summed E-state index contributed by atoms with van der Waals surface area (Å²) in [4.78, 5) is 23.5. The van der Waals surface area contributed by atoms with Crippen LogP contribution in [0.25, 0.3) is 0 Å². The molecule has 0 radical (unpaired) electrons. The van der Waals surface area contributed by atoms with E-state index < -0.39 is 28.2 Å². The molecule has 0 saturated carbocycles. The lowest BCUT2D eigenvalue weighted by Gasteiger charge is -2.15. The van der Waals surface area contributed by atoms with Crippen LogP contribution in [0, 0.1) is 0 Å². The van der Waals surface area contributed by atoms with Gasteiger partial charge in [-0.3, -0.25) is 4.79 Å². The summed E-state index contributed by atoms with van der Waals surface area (Å²) in [7, 11) is 1.38. The third-order valence-electron chi connectivity index (χ3n) is 3.66. The first-order valence-electron chi connectivity index (χ1n) is 7.68. The number of aromatic carboxylic acids is 1. The highest BCUT2D eigenvalue weighted by Crippen LogP contribution is 2.35. The molecule has 27 heavy (non-hydrogen) atoms. The van der Waals surface area contributed by atoms with Crippen LogP contribution >= 0.6 is 11.8 Å². The summed E-state index contributed by atoms with van der Waals surface area (Å²) in [5.41, 5.74) is -0.554. The number of thioether (sulfide) groups is 1. The topological polar surface area (TPSA) is 75.6 Å². The van der Waals surface area contributed by atoms with E-state index in [4.69, 9.17) is 4.74 Å². The van der Waals surface area contributed by atoms with E-state index in [1.54, 1.807) is 6.92 Å². The Bertz CT molecular complexity index is 855. The van der Waals surface area contributed by atoms with Gasteiger partial charge < -0.3 is 15.2 Å². The number of halogens is 3. The lowest BCUT2D eigenvalue weighted by molar-refractivity contribution is -0.137. The number of methoxy groups -OCH3 is 1. The van der Waals surface area contributed by atoms with Gasteiger partial charge in [0.15, 0.2) is 0 Å². The Morgan fingerprint density at radius 2 is 1.89 bits per heavy atom. The normalized spacial score (nSPS) is 12.3. The van der Waals surface area contributed by atoms with Crippen molar-refractivity contribution >= 4 is 28.7 Å². The van der Waals surface area contributed by atoms with Crippen LogP contribution in [0.4, 0.5) is 23.7 Å². The number of hydrogen-bond acceptors (Lipinski definition) is 4. The van der Waals surface area contributed by atoms with E-state index in [-0.39, 0.29) is 11.3 Å². The van der Waals surface area contributed by atoms with Gasteiger partial charge in [0, 0.05) is 5.25 Å². The number of ether oxygens (including phenoxy) is 1. The number of nitrogens with one attached hydrogen (secondary N) is 1. The maximum Gasteiger partial charge on any atom is 0.416 e. The number of anilines is 1. The molecular weight excluding hydrogens is 383 g/mol. The van der Waals surface area contributed by atoms with E-state index in [0.717, 1.165) is 23.9 Å². The minimum absolute atomic E-state index is 0.0667. The third kappa shape index (κ3) is 5.40. The average molecular weight is 399 g/mol. The smallest absolute Gasteiger partial charge is 0.416 e. The van der Waals surface area contributed by atoms with Crippen LogP contribution in [0.15, 0.2) is 42.5 Å². The van der Waals surface area contributed by atoms with Crippen molar-refractivity contribution in [3.63, 3.8) is 0 Å². The first-order chi connectivity index (χ1) is 12.6. The largest absolute Gasteiger partial charge is 0.497 e. The Kier molecular flexibility index (Phi) is 6.37. The second-order valence-corrected chi connectivity index (χ2v) is 6.83. The number of alkyl halides is 3. The molecule has 2 rings (SSSR count). The maximum absolute atomic E-state index is 12.8. The molecule has 5 nitrogen and oxygen atoms in total. The number of carboxylic acids is 1. The monoisotopic (exact) mass is 399 g/mol. The summed E-state index contributed by atoms with van der Waals surface area (Å²) in [5, 5.41) is 10.5. The zero-order valence-electron chi connectivity index (χ0n) is 14.3. The van der Waals surface area contributed by atoms with E-state index in [0.29, 0.717) is 11.3 Å². The molecule has 2 aromatic carbocycles. The van der Waals surface area contributed by atoms with E-state index in [1.165, 1.54) is 37.4 Å². The number of carbonyl (C=O) groups excluding carboxylic acids is 1. The van der Waals surface area contributed by atoms with Gasteiger partial charge in [-0.1, -0.05) is 30.0 Å². The van der Waals surface area contributed by atoms with Gasteiger partial charge in [-0.25, -0.2) is 4.79 Å². The number of amides is 1. The number of hydrogen-bond donors (Lipinski definition) is 2. The molecule has 144 valence electrons. The van der Waals surface area contributed by atoms with Crippen LogP contribution in [-0.2, 0) is 6.18 Å². The summed E-state index contributed by atoms with van der Waals surface area (Å²) in [6.07, 6.45) is -4.47. The highest BCUT2D eigenvalue weighted by atomic mass is 32.2. The predicted octanol–water partition coefficient (Wildman–Crippen LogP) is 5.44. The molecule has 1 amide bonds. The van der Waals surface area contributed by atoms with E-state index in [1.807, 2.05) is 0 Å². The molecule has 0 aliphatic carbocycles. The van der Waals surface area contributed by atoms with Crippen LogP contribution in [-0.4, -0.2) is 23.4 Å². The summed E-state index contributed by atoms with van der Waals surface area (Å²) in [6, 6.07) is 8.85. The van der Waals surface area contributed by atoms with Gasteiger partial charge in [0.1, 0.15) is 5.75 Å². The van der Waals surface area contributed by atoms with Crippen molar-refractivity contribution in [1.29, 1.82) is 0 Å². The predicted molar refractivity (Wildman–Crippen MR) is 96.4 cm³/mol. The Balaban J connectivity index is 2.13. The molecule has 0 saturated heterocycles. The van der Waals surface area contributed by atoms with Crippen LogP contribution in [0.3, 0.4) is 0 Å². The van der Waals surface area contributed by atoms with E-state index in [9.17, 15) is 27.9 Å². The fourth-order valence-electron chi connectivity index (χ4n) is 2.27. The summed E-state index contributed by atoms with van der Waals surface area (Å²) in [5.74, 6) is -0.935. The number of rotatable bonds is 5. The molecule has 9 heteroatoms. The number of carboxylic acid groups (broad SMARTS) is 1. The van der Waals surface area contributed by atoms with Gasteiger partial charge in [-0.2, -0.15) is 13.2 Å². The van der Waals surface area contributed by atoms with Gasteiger partial charge >= 0.3 is 12.1 Å². The zero-order chi connectivity index (χ0) is 20.2. The molecule has 0 heterocycles. The van der Waals surface area contributed by atoms with E-state index in [2.05, 4.69) is 5.32 Å². The fraction of sp³-hybridized carbons (Fsp3) is 0.222. The Hall–Kier alpha value is -2.68. The molecule has 1 unspecified atom stereocenters. The van der Waals surface area contributed by atoms with Gasteiger partial charge in [0.05, 0.1) is 23.9 Å². The van der Waals surface area contributed by atoms with Gasteiger partial charge in [-0.05, 0) is 36.8 Å². The van der Waals surface area contributed by atoms with Crippen molar-refractivity contribution in [2.24, 2.45) is 0 Å². The van der Waals surface area contributed by atoms with Crippen molar-refractivity contribution in [2.45, 2.75) is 18.3 Å². The third-order valence-corrected chi connectivity index (χ3v) is 4.60. The minimum Gasteiger partial charge on any atom is -0.497 e. The molecule has 1 atom stereocenters. The summed E-state index contributed by atoms with van der Waals surface area (Å²) in [6.45, 7) is 1.59. The maximum atomic E-state index is 12.8. The fourth-order valence-corrected chi connectivity index (χ4v) is 3.04. The summed E-state index contributed by atoms with van der Waals surface area (Å²) < 4.78 is 43.4. The zero-order valence-corrected chi connectivity index (χ0v) is 15.1. The van der Waals surface area contributed by atoms with Crippen molar-refractivity contribution in [3.8, 4) is 5.75 Å². The Labute approximate surface area is 157 Å². The van der Waals surface area contributed by atoms with E-state index >= 15 is 0 Å². The lowest BCUT2D eigenvalue weighted by atomic mass is 10.1. The molecule has 0 fully saturated rings. The first-order valence-corrected chi connectivity index (χ1v) is 8.56. The van der Waals surface area contributed by atoms with Gasteiger partial charge in [-0.15, -0.1) is 0 Å². The molecule has 2 N–H and O–H groups in total. The van der Waals surface area contributed by atoms with Crippen molar-refractivity contribution in [2.75, 3.05) is 12.4 Å². The molecule has 0 aliphatic heterocycles. The summed E-state index contributed by atoms with van der Waals surface area (Å²) >= 11 is 0.756. The minimum atomic E-state index is -4.47. The lowest BCUT2D eigenvalue weighted by Crippen LogP contribution is -2.11. The first kappa shape index (κ1) is 20.6. The number of benzene rings is 2. The van der Waals surface area contributed by atoms with Crippen LogP contribution in [0.2, 0.25) is 0 Å². The molecular formula is C18H16F3NO4S. The van der Waals surface area contributed by atoms with Crippen molar-refractivity contribution in [1.82, 2.24) is 0 Å². The molecule has 0 spiro atoms. The highest BCUT2D eigenvalue weighted by molar-refractivity contribution is 8.14. The van der Waals surface area contributed by atoms with Gasteiger partial charge in [0.25, 0.3) is 5.24 Å².